The van der Waals surface area contributed by atoms with E-state index in [0.717, 1.165) is 38.3 Å². The first-order valence-corrected chi connectivity index (χ1v) is 10.7. The number of methoxy groups -OCH3 is 1. The number of rotatable bonds is 11. The molecule has 29 heavy (non-hydrogen) atoms. The van der Waals surface area contributed by atoms with Gasteiger partial charge in [0.1, 0.15) is 5.75 Å². The average molecular weight is 395 g/mol. The third-order valence-corrected chi connectivity index (χ3v) is 5.41. The highest BCUT2D eigenvalue weighted by molar-refractivity contribution is 5.58. The fraction of sp³-hybridized carbons (Fsp3) is 0.462. The normalized spacial score (nSPS) is 12.3. The van der Waals surface area contributed by atoms with Crippen molar-refractivity contribution in [1.82, 2.24) is 4.90 Å². The first-order chi connectivity index (χ1) is 13.9. The molecule has 0 aliphatic heterocycles. The van der Waals surface area contributed by atoms with Gasteiger partial charge >= 0.3 is 0 Å². The van der Waals surface area contributed by atoms with Crippen molar-refractivity contribution >= 4 is 5.69 Å². The van der Waals surface area contributed by atoms with E-state index in [1.807, 2.05) is 6.07 Å². The lowest BCUT2D eigenvalue weighted by Gasteiger charge is -2.35. The molecule has 0 heterocycles. The predicted octanol–water partition coefficient (Wildman–Crippen LogP) is 6.26. The summed E-state index contributed by atoms with van der Waals surface area (Å²) in [5.74, 6) is 0.909. The van der Waals surface area contributed by atoms with E-state index in [1.54, 1.807) is 7.11 Å². The fourth-order valence-electron chi connectivity index (χ4n) is 3.72. The maximum Gasteiger partial charge on any atom is 0.119 e. The van der Waals surface area contributed by atoms with Gasteiger partial charge in [0.25, 0.3) is 0 Å². The van der Waals surface area contributed by atoms with Gasteiger partial charge in [-0.05, 0) is 56.1 Å². The minimum atomic E-state index is -0.0232. The molecule has 2 aromatic rings. The van der Waals surface area contributed by atoms with Crippen LogP contribution in [-0.2, 0) is 12.0 Å². The van der Waals surface area contributed by atoms with E-state index in [1.165, 1.54) is 22.4 Å². The van der Waals surface area contributed by atoms with Crippen LogP contribution in [0.2, 0.25) is 0 Å². The predicted molar refractivity (Wildman–Crippen MR) is 126 cm³/mol. The zero-order valence-corrected chi connectivity index (χ0v) is 19.1. The monoisotopic (exact) mass is 394 g/mol. The van der Waals surface area contributed by atoms with E-state index < -0.39 is 0 Å². The van der Waals surface area contributed by atoms with Gasteiger partial charge in [0, 0.05) is 30.7 Å². The van der Waals surface area contributed by atoms with E-state index in [9.17, 15) is 0 Å². The zero-order valence-electron chi connectivity index (χ0n) is 19.1. The van der Waals surface area contributed by atoms with Crippen LogP contribution < -0.4 is 10.1 Å². The molecule has 0 saturated carbocycles. The van der Waals surface area contributed by atoms with Crippen LogP contribution in [0.25, 0.3) is 0 Å². The Morgan fingerprint density at radius 2 is 1.86 bits per heavy atom. The molecule has 0 fully saturated rings. The summed E-state index contributed by atoms with van der Waals surface area (Å²) in [7, 11) is 1.74. The SMILES string of the molecule is C/C=C(\C)CNc1ccc(OC)cc1C(C)(C)CN(CCC)Cc1ccccc1. The molecule has 2 rings (SSSR count). The molecule has 0 radical (unpaired) electrons. The van der Waals surface area contributed by atoms with Crippen LogP contribution in [0.15, 0.2) is 60.2 Å². The number of ether oxygens (including phenoxy) is 1. The van der Waals surface area contributed by atoms with Crippen molar-refractivity contribution in [3.63, 3.8) is 0 Å². The Morgan fingerprint density at radius 3 is 2.48 bits per heavy atom. The summed E-state index contributed by atoms with van der Waals surface area (Å²) in [4.78, 5) is 2.57. The van der Waals surface area contributed by atoms with Crippen LogP contribution in [-0.4, -0.2) is 31.6 Å². The van der Waals surface area contributed by atoms with Gasteiger partial charge in [-0.15, -0.1) is 0 Å². The number of allylic oxidation sites excluding steroid dienone is 1. The Hall–Kier alpha value is -2.26. The lowest BCUT2D eigenvalue weighted by atomic mass is 9.82. The molecule has 2 aromatic carbocycles. The second-order valence-corrected chi connectivity index (χ2v) is 8.48. The molecule has 0 unspecified atom stereocenters. The number of hydrogen-bond acceptors (Lipinski definition) is 3. The van der Waals surface area contributed by atoms with Crippen LogP contribution >= 0.6 is 0 Å². The summed E-state index contributed by atoms with van der Waals surface area (Å²) >= 11 is 0. The molecular formula is C26H38N2O. The van der Waals surface area contributed by atoms with Gasteiger partial charge in [-0.3, -0.25) is 4.90 Å². The van der Waals surface area contributed by atoms with Crippen LogP contribution in [0.4, 0.5) is 5.69 Å². The zero-order chi connectivity index (χ0) is 21.3. The summed E-state index contributed by atoms with van der Waals surface area (Å²) in [5, 5.41) is 3.63. The Kier molecular flexibility index (Phi) is 8.78. The molecule has 1 N–H and O–H groups in total. The van der Waals surface area contributed by atoms with Crippen LogP contribution in [0.3, 0.4) is 0 Å². The highest BCUT2D eigenvalue weighted by Crippen LogP contribution is 2.34. The highest BCUT2D eigenvalue weighted by Gasteiger charge is 2.27. The van der Waals surface area contributed by atoms with Crippen LogP contribution in [0.1, 0.15) is 52.2 Å². The summed E-state index contributed by atoms with van der Waals surface area (Å²) < 4.78 is 5.55. The first-order valence-electron chi connectivity index (χ1n) is 10.7. The van der Waals surface area contributed by atoms with Gasteiger partial charge in [-0.25, -0.2) is 0 Å². The molecule has 3 nitrogen and oxygen atoms in total. The standard InChI is InChI=1S/C26H38N2O/c1-7-16-28(19-22-12-10-9-11-13-22)20-26(4,5)24-17-23(29-6)14-15-25(24)27-18-21(3)8-2/h8-15,17,27H,7,16,18-20H2,1-6H3/b21-8+. The van der Waals surface area contributed by atoms with E-state index in [2.05, 4.69) is 93.4 Å². The van der Waals surface area contributed by atoms with Gasteiger partial charge in [-0.1, -0.05) is 62.8 Å². The summed E-state index contributed by atoms with van der Waals surface area (Å²) in [6, 6.07) is 17.2. The number of nitrogens with zero attached hydrogens (tertiary/aromatic N) is 1. The van der Waals surface area contributed by atoms with Crippen LogP contribution in [0, 0.1) is 0 Å². The Bertz CT molecular complexity index is 781. The maximum absolute atomic E-state index is 5.55. The van der Waals surface area contributed by atoms with Crippen molar-refractivity contribution in [3.05, 3.63) is 71.3 Å². The van der Waals surface area contributed by atoms with Crippen molar-refractivity contribution in [2.24, 2.45) is 0 Å². The maximum atomic E-state index is 5.55. The smallest absolute Gasteiger partial charge is 0.119 e. The largest absolute Gasteiger partial charge is 0.497 e. The number of anilines is 1. The minimum Gasteiger partial charge on any atom is -0.497 e. The number of nitrogens with one attached hydrogen (secondary N) is 1. The average Bonchev–Trinajstić information content (AvgIpc) is 2.72. The van der Waals surface area contributed by atoms with Gasteiger partial charge in [-0.2, -0.15) is 0 Å². The lowest BCUT2D eigenvalue weighted by molar-refractivity contribution is 0.216. The third-order valence-electron chi connectivity index (χ3n) is 5.41. The van der Waals surface area contributed by atoms with Crippen molar-refractivity contribution < 1.29 is 4.74 Å². The van der Waals surface area contributed by atoms with E-state index in [4.69, 9.17) is 4.74 Å². The second-order valence-electron chi connectivity index (χ2n) is 8.48. The van der Waals surface area contributed by atoms with E-state index >= 15 is 0 Å². The molecule has 3 heteroatoms. The first kappa shape index (κ1) is 23.0. The Balaban J connectivity index is 2.27. The molecule has 158 valence electrons. The van der Waals surface area contributed by atoms with Crippen molar-refractivity contribution in [2.45, 2.75) is 53.0 Å². The molecule has 0 aliphatic rings. The molecular weight excluding hydrogens is 356 g/mol. The second kappa shape index (κ2) is 11.1. The molecule has 0 aliphatic carbocycles. The van der Waals surface area contributed by atoms with E-state index in [0.29, 0.717) is 0 Å². The van der Waals surface area contributed by atoms with Gasteiger partial charge < -0.3 is 10.1 Å². The summed E-state index contributed by atoms with van der Waals surface area (Å²) in [6.45, 7) is 15.1. The Labute approximate surface area is 177 Å². The van der Waals surface area contributed by atoms with Gasteiger partial charge in [0.15, 0.2) is 0 Å². The third kappa shape index (κ3) is 6.93. The molecule has 0 spiro atoms. The quantitative estimate of drug-likeness (QED) is 0.455. The van der Waals surface area contributed by atoms with Crippen molar-refractivity contribution in [3.8, 4) is 5.75 Å². The van der Waals surface area contributed by atoms with Gasteiger partial charge in [0.05, 0.1) is 7.11 Å². The molecule has 0 bridgehead atoms. The van der Waals surface area contributed by atoms with Crippen molar-refractivity contribution in [2.75, 3.05) is 32.1 Å². The highest BCUT2D eigenvalue weighted by atomic mass is 16.5. The molecule has 0 aromatic heterocycles. The molecule has 0 atom stereocenters. The Morgan fingerprint density at radius 1 is 1.14 bits per heavy atom. The topological polar surface area (TPSA) is 24.5 Å². The fourth-order valence-corrected chi connectivity index (χ4v) is 3.72. The van der Waals surface area contributed by atoms with Crippen LogP contribution in [0.5, 0.6) is 5.75 Å². The van der Waals surface area contributed by atoms with Gasteiger partial charge in [0.2, 0.25) is 0 Å². The number of hydrogen-bond donors (Lipinski definition) is 1. The molecule has 0 amide bonds. The summed E-state index contributed by atoms with van der Waals surface area (Å²) in [5.41, 5.74) is 5.17. The molecule has 0 saturated heterocycles. The number of benzene rings is 2. The lowest BCUT2D eigenvalue weighted by Crippen LogP contribution is -2.37. The van der Waals surface area contributed by atoms with E-state index in [-0.39, 0.29) is 5.41 Å². The minimum absolute atomic E-state index is 0.0232. The summed E-state index contributed by atoms with van der Waals surface area (Å²) in [6.07, 6.45) is 3.30. The van der Waals surface area contributed by atoms with Crippen molar-refractivity contribution in [1.29, 1.82) is 0 Å².